The van der Waals surface area contributed by atoms with E-state index in [1.807, 2.05) is 0 Å². The molecule has 100 valence electrons. The molecule has 2 rings (SSSR count). The maximum absolute atomic E-state index is 11.8. The molecule has 1 amide bonds. The van der Waals surface area contributed by atoms with Gasteiger partial charge in [0.05, 0.1) is 10.0 Å². The highest BCUT2D eigenvalue weighted by atomic mass is 79.9. The Labute approximate surface area is 114 Å². The average Bonchev–Trinajstić information content (AvgIpc) is 2.77. The number of carbonyl (C=O) groups is 1. The van der Waals surface area contributed by atoms with E-state index in [0.29, 0.717) is 11.8 Å². The Bertz CT molecular complexity index is 419. The minimum atomic E-state index is -0.626. The summed E-state index contributed by atoms with van der Waals surface area (Å²) < 4.78 is 9.82. The van der Waals surface area contributed by atoms with Gasteiger partial charge in [0.1, 0.15) is 0 Å². The fourth-order valence-corrected chi connectivity index (χ4v) is 1.89. The fraction of sp³-hybridized carbons (Fsp3) is 0.667. The summed E-state index contributed by atoms with van der Waals surface area (Å²) in [5.74, 6) is 0.608. The first-order valence-electron chi connectivity index (χ1n) is 6.01. The molecule has 0 spiro atoms. The molecule has 5 nitrogen and oxygen atoms in total. The predicted molar refractivity (Wildman–Crippen MR) is 70.9 cm³/mol. The van der Waals surface area contributed by atoms with Crippen LogP contribution in [0.15, 0.2) is 10.6 Å². The van der Waals surface area contributed by atoms with E-state index < -0.39 is 4.32 Å². The molecule has 1 N–H and O–H groups in total. The van der Waals surface area contributed by atoms with Crippen molar-refractivity contribution in [2.75, 3.05) is 18.5 Å². The lowest BCUT2D eigenvalue weighted by molar-refractivity contribution is -0.117. The Morgan fingerprint density at radius 1 is 1.50 bits per heavy atom. The molecule has 1 aromatic rings. The van der Waals surface area contributed by atoms with Crippen LogP contribution < -0.4 is 5.32 Å². The van der Waals surface area contributed by atoms with Crippen molar-refractivity contribution in [3.05, 3.63) is 11.8 Å². The Kier molecular flexibility index (Phi) is 4.07. The topological polar surface area (TPSA) is 64.4 Å². The van der Waals surface area contributed by atoms with Gasteiger partial charge in [-0.3, -0.25) is 10.1 Å². The second-order valence-electron chi connectivity index (χ2n) is 4.93. The van der Waals surface area contributed by atoms with Crippen LogP contribution in [-0.2, 0) is 9.53 Å². The van der Waals surface area contributed by atoms with Crippen molar-refractivity contribution in [1.29, 1.82) is 0 Å². The van der Waals surface area contributed by atoms with Crippen molar-refractivity contribution in [2.24, 2.45) is 0 Å². The summed E-state index contributed by atoms with van der Waals surface area (Å²) in [6.45, 7) is 5.07. The van der Waals surface area contributed by atoms with Crippen LogP contribution in [0.2, 0.25) is 0 Å². The zero-order valence-electron chi connectivity index (χ0n) is 10.5. The van der Waals surface area contributed by atoms with Gasteiger partial charge in [0, 0.05) is 25.2 Å². The van der Waals surface area contributed by atoms with E-state index >= 15 is 0 Å². The van der Waals surface area contributed by atoms with Crippen LogP contribution in [0.1, 0.15) is 38.3 Å². The van der Waals surface area contributed by atoms with Crippen molar-refractivity contribution >= 4 is 27.7 Å². The van der Waals surface area contributed by atoms with Gasteiger partial charge in [-0.05, 0) is 26.7 Å². The lowest BCUT2D eigenvalue weighted by Crippen LogP contribution is -2.30. The van der Waals surface area contributed by atoms with Crippen LogP contribution in [0.5, 0.6) is 0 Å². The molecular formula is C12H17BrN2O3. The summed E-state index contributed by atoms with van der Waals surface area (Å²) in [6.07, 6.45) is 1.90. The van der Waals surface area contributed by atoms with Crippen molar-refractivity contribution in [1.82, 2.24) is 5.16 Å². The average molecular weight is 317 g/mol. The molecule has 18 heavy (non-hydrogen) atoms. The predicted octanol–water partition coefficient (Wildman–Crippen LogP) is 2.68. The van der Waals surface area contributed by atoms with Crippen molar-refractivity contribution in [3.63, 3.8) is 0 Å². The van der Waals surface area contributed by atoms with Gasteiger partial charge < -0.3 is 9.26 Å². The molecular weight excluding hydrogens is 300 g/mol. The third kappa shape index (κ3) is 3.32. The Morgan fingerprint density at radius 3 is 2.78 bits per heavy atom. The molecule has 1 aliphatic rings. The third-order valence-corrected chi connectivity index (χ3v) is 3.30. The zero-order valence-corrected chi connectivity index (χ0v) is 12.1. The highest BCUT2D eigenvalue weighted by molar-refractivity contribution is 9.10. The number of amides is 1. The maximum atomic E-state index is 11.8. The quantitative estimate of drug-likeness (QED) is 0.871. The molecule has 1 fully saturated rings. The van der Waals surface area contributed by atoms with Crippen LogP contribution >= 0.6 is 15.9 Å². The number of aromatic nitrogens is 1. The van der Waals surface area contributed by atoms with Crippen LogP contribution in [0.25, 0.3) is 0 Å². The first kappa shape index (κ1) is 13.5. The van der Waals surface area contributed by atoms with E-state index in [-0.39, 0.29) is 5.91 Å². The van der Waals surface area contributed by atoms with Gasteiger partial charge in [-0.15, -0.1) is 0 Å². The largest absolute Gasteiger partial charge is 0.381 e. The monoisotopic (exact) mass is 316 g/mol. The number of rotatable bonds is 3. The minimum absolute atomic E-state index is 0.155. The van der Waals surface area contributed by atoms with Crippen molar-refractivity contribution < 1.29 is 14.1 Å². The molecule has 0 atom stereocenters. The SMILES string of the molecule is CC(C)(Br)C(=O)Nc1cc(C2CCOCC2)no1. The number of alkyl halides is 1. The van der Waals surface area contributed by atoms with E-state index in [4.69, 9.17) is 9.26 Å². The van der Waals surface area contributed by atoms with Gasteiger partial charge in [-0.2, -0.15) is 0 Å². The molecule has 0 radical (unpaired) electrons. The molecule has 0 saturated carbocycles. The minimum Gasteiger partial charge on any atom is -0.381 e. The number of nitrogens with one attached hydrogen (secondary N) is 1. The van der Waals surface area contributed by atoms with Crippen LogP contribution in [0.4, 0.5) is 5.88 Å². The summed E-state index contributed by atoms with van der Waals surface area (Å²) >= 11 is 3.29. The van der Waals surface area contributed by atoms with E-state index in [9.17, 15) is 4.79 Å². The van der Waals surface area contributed by atoms with Crippen molar-refractivity contribution in [2.45, 2.75) is 36.9 Å². The molecule has 2 heterocycles. The summed E-state index contributed by atoms with van der Waals surface area (Å²) in [7, 11) is 0. The van der Waals surface area contributed by atoms with Gasteiger partial charge in [-0.25, -0.2) is 0 Å². The smallest absolute Gasteiger partial charge is 0.243 e. The first-order chi connectivity index (χ1) is 8.47. The normalized spacial score (nSPS) is 17.7. The Balaban J connectivity index is 1.99. The molecule has 0 bridgehead atoms. The molecule has 1 aliphatic heterocycles. The van der Waals surface area contributed by atoms with Gasteiger partial charge in [0.2, 0.25) is 11.8 Å². The number of hydrogen-bond acceptors (Lipinski definition) is 4. The molecule has 0 aliphatic carbocycles. The van der Waals surface area contributed by atoms with E-state index in [1.54, 1.807) is 19.9 Å². The highest BCUT2D eigenvalue weighted by Gasteiger charge is 2.26. The van der Waals surface area contributed by atoms with Crippen LogP contribution in [-0.4, -0.2) is 28.6 Å². The highest BCUT2D eigenvalue weighted by Crippen LogP contribution is 2.28. The lowest BCUT2D eigenvalue weighted by atomic mass is 9.97. The lowest BCUT2D eigenvalue weighted by Gasteiger charge is -2.19. The Morgan fingerprint density at radius 2 is 2.17 bits per heavy atom. The third-order valence-electron chi connectivity index (χ3n) is 2.94. The van der Waals surface area contributed by atoms with Crippen molar-refractivity contribution in [3.8, 4) is 0 Å². The summed E-state index contributed by atoms with van der Waals surface area (Å²) in [4.78, 5) is 11.8. The van der Waals surface area contributed by atoms with Gasteiger partial charge in [0.15, 0.2) is 0 Å². The number of hydrogen-bond donors (Lipinski definition) is 1. The van der Waals surface area contributed by atoms with Gasteiger partial charge in [0.25, 0.3) is 0 Å². The van der Waals surface area contributed by atoms with E-state index in [0.717, 1.165) is 31.7 Å². The standard InChI is InChI=1S/C12H17BrN2O3/c1-12(2,13)11(16)14-10-7-9(15-18-10)8-3-5-17-6-4-8/h7-8H,3-6H2,1-2H3,(H,14,16). The second-order valence-corrected chi connectivity index (χ2v) is 6.91. The van der Waals surface area contributed by atoms with E-state index in [2.05, 4.69) is 26.4 Å². The molecule has 0 aromatic carbocycles. The van der Waals surface area contributed by atoms with E-state index in [1.165, 1.54) is 0 Å². The van der Waals surface area contributed by atoms with Crippen LogP contribution in [0.3, 0.4) is 0 Å². The Hall–Kier alpha value is -0.880. The number of anilines is 1. The summed E-state index contributed by atoms with van der Waals surface area (Å²) in [5.41, 5.74) is 0.890. The number of halogens is 1. The number of nitrogens with zero attached hydrogens (tertiary/aromatic N) is 1. The number of carbonyl (C=O) groups excluding carboxylic acids is 1. The number of ether oxygens (including phenoxy) is 1. The fourth-order valence-electron chi connectivity index (χ4n) is 1.79. The molecule has 0 unspecified atom stereocenters. The summed E-state index contributed by atoms with van der Waals surface area (Å²) in [6, 6.07) is 1.80. The van der Waals surface area contributed by atoms with Crippen LogP contribution in [0, 0.1) is 0 Å². The zero-order chi connectivity index (χ0) is 13.2. The second kappa shape index (κ2) is 5.40. The summed E-state index contributed by atoms with van der Waals surface area (Å²) in [5, 5.41) is 6.71. The molecule has 1 saturated heterocycles. The van der Waals surface area contributed by atoms with Gasteiger partial charge in [-0.1, -0.05) is 21.1 Å². The maximum Gasteiger partial charge on any atom is 0.243 e. The molecule has 1 aromatic heterocycles. The van der Waals surface area contributed by atoms with Gasteiger partial charge >= 0.3 is 0 Å². The first-order valence-corrected chi connectivity index (χ1v) is 6.81. The molecule has 6 heteroatoms.